The molecule has 0 aliphatic carbocycles. The summed E-state index contributed by atoms with van der Waals surface area (Å²) in [6, 6.07) is 7.60. The van der Waals surface area contributed by atoms with Gasteiger partial charge in [-0.15, -0.1) is 12.4 Å². The molecule has 2 N–H and O–H groups in total. The van der Waals surface area contributed by atoms with Gasteiger partial charge in [-0.1, -0.05) is 12.1 Å². The normalized spacial score (nSPS) is 14.3. The number of carbonyl (C=O) groups excluding carboxylic acids is 2. The number of rotatable bonds is 3. The molecule has 7 heteroatoms. The van der Waals surface area contributed by atoms with Crippen LogP contribution in [0, 0.1) is 6.92 Å². The van der Waals surface area contributed by atoms with Gasteiger partial charge in [-0.3, -0.25) is 4.79 Å². The quantitative estimate of drug-likeness (QED) is 0.880. The molecule has 2 rings (SSSR count). The molecule has 122 valence electrons. The van der Waals surface area contributed by atoms with Crippen molar-refractivity contribution in [3.8, 4) is 0 Å². The molecule has 1 aliphatic heterocycles. The van der Waals surface area contributed by atoms with Crippen molar-refractivity contribution in [2.24, 2.45) is 0 Å². The molecule has 6 nitrogen and oxygen atoms in total. The summed E-state index contributed by atoms with van der Waals surface area (Å²) < 4.78 is 0. The zero-order chi connectivity index (χ0) is 15.2. The standard InChI is InChI=1S/C15H22N4O2.ClH/c1-12-4-3-5-13(10-12)17-15(21)19-8-6-18(7-9-19)14(20)11-16-2;/h3-5,10,16H,6-9,11H2,1-2H3,(H,17,21);1H. The van der Waals surface area contributed by atoms with Gasteiger partial charge in [0.15, 0.2) is 0 Å². The zero-order valence-corrected chi connectivity index (χ0v) is 13.8. The fraction of sp³-hybridized carbons (Fsp3) is 0.467. The van der Waals surface area contributed by atoms with E-state index in [9.17, 15) is 9.59 Å². The van der Waals surface area contributed by atoms with Crippen LogP contribution in [0.25, 0.3) is 0 Å². The first-order valence-electron chi connectivity index (χ1n) is 7.15. The van der Waals surface area contributed by atoms with Gasteiger partial charge in [-0.2, -0.15) is 0 Å². The molecule has 0 bridgehead atoms. The Morgan fingerprint density at radius 2 is 1.77 bits per heavy atom. The summed E-state index contributed by atoms with van der Waals surface area (Å²) >= 11 is 0. The summed E-state index contributed by atoms with van der Waals surface area (Å²) in [5.41, 5.74) is 1.91. The van der Waals surface area contributed by atoms with Crippen LogP contribution in [0.5, 0.6) is 0 Å². The molecule has 3 amide bonds. The third kappa shape index (κ3) is 4.89. The minimum Gasteiger partial charge on any atom is -0.338 e. The van der Waals surface area contributed by atoms with Gasteiger partial charge in [0.1, 0.15) is 0 Å². The molecule has 0 spiro atoms. The molecule has 1 aromatic carbocycles. The van der Waals surface area contributed by atoms with Gasteiger partial charge >= 0.3 is 6.03 Å². The lowest BCUT2D eigenvalue weighted by atomic mass is 10.2. The Bertz CT molecular complexity index is 516. The number of nitrogens with zero attached hydrogens (tertiary/aromatic N) is 2. The van der Waals surface area contributed by atoms with Crippen LogP contribution < -0.4 is 10.6 Å². The van der Waals surface area contributed by atoms with Crippen molar-refractivity contribution in [2.75, 3.05) is 45.1 Å². The Hall–Kier alpha value is -1.79. The summed E-state index contributed by atoms with van der Waals surface area (Å²) in [5.74, 6) is 0.0799. The van der Waals surface area contributed by atoms with E-state index in [1.54, 1.807) is 16.8 Å². The topological polar surface area (TPSA) is 64.7 Å². The fourth-order valence-electron chi connectivity index (χ4n) is 2.35. The van der Waals surface area contributed by atoms with Crippen molar-refractivity contribution in [2.45, 2.75) is 6.92 Å². The maximum absolute atomic E-state index is 12.2. The molecule has 1 aliphatic rings. The largest absolute Gasteiger partial charge is 0.338 e. The molecule has 1 heterocycles. The summed E-state index contributed by atoms with van der Waals surface area (Å²) in [6.07, 6.45) is 0. The maximum atomic E-state index is 12.2. The van der Waals surface area contributed by atoms with Crippen molar-refractivity contribution < 1.29 is 9.59 Å². The molecule has 1 fully saturated rings. The van der Waals surface area contributed by atoms with E-state index < -0.39 is 0 Å². The predicted molar refractivity (Wildman–Crippen MR) is 89.5 cm³/mol. The molecule has 0 unspecified atom stereocenters. The smallest absolute Gasteiger partial charge is 0.321 e. The summed E-state index contributed by atoms with van der Waals surface area (Å²) in [6.45, 7) is 4.63. The number of amides is 3. The van der Waals surface area contributed by atoms with E-state index in [1.807, 2.05) is 31.2 Å². The van der Waals surface area contributed by atoms with Gasteiger partial charge in [0.2, 0.25) is 5.91 Å². The SMILES string of the molecule is CNCC(=O)N1CCN(C(=O)Nc2cccc(C)c2)CC1.Cl. The number of carbonyl (C=O) groups is 2. The lowest BCUT2D eigenvalue weighted by Gasteiger charge is -2.34. The molecule has 0 radical (unpaired) electrons. The van der Waals surface area contributed by atoms with Crippen LogP contribution >= 0.6 is 12.4 Å². The number of aryl methyl sites for hydroxylation is 1. The summed E-state index contributed by atoms with van der Waals surface area (Å²) in [7, 11) is 1.75. The highest BCUT2D eigenvalue weighted by Crippen LogP contribution is 2.11. The number of anilines is 1. The predicted octanol–water partition coefficient (Wildman–Crippen LogP) is 1.31. The minimum atomic E-state index is -0.110. The highest BCUT2D eigenvalue weighted by molar-refractivity contribution is 5.89. The van der Waals surface area contributed by atoms with Crippen molar-refractivity contribution in [1.82, 2.24) is 15.1 Å². The van der Waals surface area contributed by atoms with E-state index in [2.05, 4.69) is 10.6 Å². The second-order valence-corrected chi connectivity index (χ2v) is 5.20. The van der Waals surface area contributed by atoms with E-state index >= 15 is 0 Å². The van der Waals surface area contributed by atoms with Crippen LogP contribution in [0.3, 0.4) is 0 Å². The first-order chi connectivity index (χ1) is 10.1. The fourth-order valence-corrected chi connectivity index (χ4v) is 2.35. The van der Waals surface area contributed by atoms with Crippen molar-refractivity contribution in [1.29, 1.82) is 0 Å². The van der Waals surface area contributed by atoms with E-state index in [1.165, 1.54) is 0 Å². The van der Waals surface area contributed by atoms with Gasteiger partial charge in [-0.05, 0) is 31.7 Å². The Balaban J connectivity index is 0.00000242. The third-order valence-corrected chi connectivity index (χ3v) is 3.52. The average Bonchev–Trinajstić information content (AvgIpc) is 2.47. The molecule has 0 saturated carbocycles. The molecule has 1 aromatic rings. The van der Waals surface area contributed by atoms with Gasteiger partial charge < -0.3 is 20.4 Å². The second kappa shape index (κ2) is 8.60. The number of likely N-dealkylation sites (N-methyl/N-ethyl adjacent to an activating group) is 1. The third-order valence-electron chi connectivity index (χ3n) is 3.52. The number of urea groups is 1. The molecule has 0 aromatic heterocycles. The molecule has 0 atom stereocenters. The van der Waals surface area contributed by atoms with Crippen LogP contribution in [-0.2, 0) is 4.79 Å². The second-order valence-electron chi connectivity index (χ2n) is 5.20. The summed E-state index contributed by atoms with van der Waals surface area (Å²) in [4.78, 5) is 27.5. The van der Waals surface area contributed by atoms with E-state index in [0.717, 1.165) is 11.3 Å². The maximum Gasteiger partial charge on any atom is 0.321 e. The highest BCUT2D eigenvalue weighted by Gasteiger charge is 2.23. The van der Waals surface area contributed by atoms with Gasteiger partial charge in [-0.25, -0.2) is 4.79 Å². The lowest BCUT2D eigenvalue weighted by Crippen LogP contribution is -2.53. The van der Waals surface area contributed by atoms with Crippen LogP contribution in [0.1, 0.15) is 5.56 Å². The molecule has 22 heavy (non-hydrogen) atoms. The molecular formula is C15H23ClN4O2. The van der Waals surface area contributed by atoms with Gasteiger partial charge in [0.25, 0.3) is 0 Å². The van der Waals surface area contributed by atoms with Crippen LogP contribution in [0.4, 0.5) is 10.5 Å². The first-order valence-corrected chi connectivity index (χ1v) is 7.15. The Morgan fingerprint density at radius 3 is 2.36 bits per heavy atom. The van der Waals surface area contributed by atoms with Gasteiger partial charge in [0.05, 0.1) is 6.54 Å². The summed E-state index contributed by atoms with van der Waals surface area (Å²) in [5, 5.41) is 5.75. The zero-order valence-electron chi connectivity index (χ0n) is 13.0. The van der Waals surface area contributed by atoms with Crippen molar-refractivity contribution >= 4 is 30.0 Å². The average molecular weight is 327 g/mol. The van der Waals surface area contributed by atoms with Crippen molar-refractivity contribution in [3.05, 3.63) is 29.8 Å². The van der Waals surface area contributed by atoms with E-state index in [-0.39, 0.29) is 24.3 Å². The number of nitrogens with one attached hydrogen (secondary N) is 2. The van der Waals surface area contributed by atoms with Gasteiger partial charge in [0, 0.05) is 31.9 Å². The number of hydrogen-bond donors (Lipinski definition) is 2. The van der Waals surface area contributed by atoms with Crippen LogP contribution in [0.15, 0.2) is 24.3 Å². The molecule has 1 saturated heterocycles. The number of piperazine rings is 1. The number of hydrogen-bond acceptors (Lipinski definition) is 3. The van der Waals surface area contributed by atoms with Crippen LogP contribution in [0.2, 0.25) is 0 Å². The van der Waals surface area contributed by atoms with Crippen molar-refractivity contribution in [3.63, 3.8) is 0 Å². The minimum absolute atomic E-state index is 0. The Kier molecular flexibility index (Phi) is 7.14. The Labute approximate surface area is 137 Å². The Morgan fingerprint density at radius 1 is 1.14 bits per heavy atom. The monoisotopic (exact) mass is 326 g/mol. The highest BCUT2D eigenvalue weighted by atomic mass is 35.5. The lowest BCUT2D eigenvalue weighted by molar-refractivity contribution is -0.131. The number of halogens is 1. The number of benzene rings is 1. The van der Waals surface area contributed by atoms with E-state index in [0.29, 0.717) is 32.7 Å². The first kappa shape index (κ1) is 18.3. The van der Waals surface area contributed by atoms with E-state index in [4.69, 9.17) is 0 Å². The molecular weight excluding hydrogens is 304 g/mol. The van der Waals surface area contributed by atoms with Crippen LogP contribution in [-0.4, -0.2) is 61.5 Å².